The molecule has 0 aromatic heterocycles. The third-order valence-corrected chi connectivity index (χ3v) is 3.42. The summed E-state index contributed by atoms with van der Waals surface area (Å²) in [5, 5.41) is 11.6. The van der Waals surface area contributed by atoms with E-state index in [2.05, 4.69) is 5.32 Å². The van der Waals surface area contributed by atoms with Crippen LogP contribution in [0.2, 0.25) is 0 Å². The minimum atomic E-state index is -0.527. The molecule has 0 aliphatic carbocycles. The SMILES string of the molecule is CCc1cccc(CC)c1NC(=O)Oc1ccc(C#N)cc1. The van der Waals surface area contributed by atoms with Gasteiger partial charge in [0.2, 0.25) is 0 Å². The summed E-state index contributed by atoms with van der Waals surface area (Å²) in [4.78, 5) is 12.1. The van der Waals surface area contributed by atoms with Crippen LogP contribution < -0.4 is 10.1 Å². The number of benzene rings is 2. The Morgan fingerprint density at radius 1 is 1.09 bits per heavy atom. The van der Waals surface area contributed by atoms with Crippen molar-refractivity contribution < 1.29 is 9.53 Å². The minimum Gasteiger partial charge on any atom is -0.410 e. The number of nitriles is 1. The summed E-state index contributed by atoms with van der Waals surface area (Å²) in [6.45, 7) is 4.10. The fourth-order valence-corrected chi connectivity index (χ4v) is 2.24. The number of hydrogen-bond donors (Lipinski definition) is 1. The Morgan fingerprint density at radius 3 is 2.18 bits per heavy atom. The van der Waals surface area contributed by atoms with Crippen LogP contribution in [-0.2, 0) is 12.8 Å². The Balaban J connectivity index is 2.13. The Labute approximate surface area is 130 Å². The molecule has 1 N–H and O–H groups in total. The molecule has 0 spiro atoms. The van der Waals surface area contributed by atoms with Crippen LogP contribution in [0.15, 0.2) is 42.5 Å². The van der Waals surface area contributed by atoms with E-state index in [4.69, 9.17) is 10.00 Å². The summed E-state index contributed by atoms with van der Waals surface area (Å²) in [5.74, 6) is 0.406. The van der Waals surface area contributed by atoms with Crippen molar-refractivity contribution in [2.24, 2.45) is 0 Å². The van der Waals surface area contributed by atoms with Crippen LogP contribution >= 0.6 is 0 Å². The first-order valence-corrected chi connectivity index (χ1v) is 7.27. The van der Waals surface area contributed by atoms with E-state index in [-0.39, 0.29) is 0 Å². The molecule has 4 nitrogen and oxygen atoms in total. The lowest BCUT2D eigenvalue weighted by molar-refractivity contribution is 0.215. The van der Waals surface area contributed by atoms with Crippen LogP contribution in [0.3, 0.4) is 0 Å². The molecule has 2 rings (SSSR count). The normalized spacial score (nSPS) is 9.86. The number of nitrogens with one attached hydrogen (secondary N) is 1. The van der Waals surface area contributed by atoms with Gasteiger partial charge in [-0.15, -0.1) is 0 Å². The van der Waals surface area contributed by atoms with Gasteiger partial charge < -0.3 is 4.74 Å². The predicted molar refractivity (Wildman–Crippen MR) is 86.0 cm³/mol. The Morgan fingerprint density at radius 2 is 1.68 bits per heavy atom. The molecule has 1 amide bonds. The minimum absolute atomic E-state index is 0.406. The first-order chi connectivity index (χ1) is 10.7. The number of nitrogens with zero attached hydrogens (tertiary/aromatic N) is 1. The van der Waals surface area contributed by atoms with Crippen LogP contribution in [0.1, 0.15) is 30.5 Å². The van der Waals surface area contributed by atoms with E-state index < -0.39 is 6.09 Å². The molecule has 112 valence electrons. The van der Waals surface area contributed by atoms with Gasteiger partial charge in [0.1, 0.15) is 5.75 Å². The molecule has 0 heterocycles. The first kappa shape index (κ1) is 15.6. The third-order valence-electron chi connectivity index (χ3n) is 3.42. The van der Waals surface area contributed by atoms with Crippen molar-refractivity contribution in [2.75, 3.05) is 5.32 Å². The van der Waals surface area contributed by atoms with Gasteiger partial charge in [-0.25, -0.2) is 4.79 Å². The van der Waals surface area contributed by atoms with Gasteiger partial charge in [-0.2, -0.15) is 5.26 Å². The van der Waals surface area contributed by atoms with E-state index in [0.717, 1.165) is 29.7 Å². The van der Waals surface area contributed by atoms with E-state index in [9.17, 15) is 4.79 Å². The molecule has 22 heavy (non-hydrogen) atoms. The number of anilines is 1. The molecule has 0 saturated heterocycles. The highest BCUT2D eigenvalue weighted by Crippen LogP contribution is 2.23. The quantitative estimate of drug-likeness (QED) is 0.914. The highest BCUT2D eigenvalue weighted by atomic mass is 16.6. The molecule has 0 saturated carbocycles. The Bertz CT molecular complexity index is 678. The maximum Gasteiger partial charge on any atom is 0.417 e. The summed E-state index contributed by atoms with van der Waals surface area (Å²) in [6, 6.07) is 14.4. The second kappa shape index (κ2) is 7.28. The number of carbonyl (C=O) groups excluding carboxylic acids is 1. The number of carbonyl (C=O) groups is 1. The topological polar surface area (TPSA) is 62.1 Å². The number of para-hydroxylation sites is 1. The Hall–Kier alpha value is -2.80. The van der Waals surface area contributed by atoms with Gasteiger partial charge in [-0.3, -0.25) is 5.32 Å². The largest absolute Gasteiger partial charge is 0.417 e. The molecule has 4 heteroatoms. The number of amides is 1. The number of rotatable bonds is 4. The van der Waals surface area contributed by atoms with Gasteiger partial charge >= 0.3 is 6.09 Å². The van der Waals surface area contributed by atoms with Crippen molar-refractivity contribution in [3.63, 3.8) is 0 Å². The molecule has 0 fully saturated rings. The lowest BCUT2D eigenvalue weighted by Gasteiger charge is -2.14. The predicted octanol–water partition coefficient (Wildman–Crippen LogP) is 4.29. The monoisotopic (exact) mass is 294 g/mol. The fraction of sp³-hybridized carbons (Fsp3) is 0.222. The van der Waals surface area contributed by atoms with Crippen molar-refractivity contribution in [2.45, 2.75) is 26.7 Å². The average Bonchev–Trinajstić information content (AvgIpc) is 2.55. The maximum absolute atomic E-state index is 12.1. The van der Waals surface area contributed by atoms with Gasteiger partial charge in [-0.1, -0.05) is 32.0 Å². The molecule has 0 bridgehead atoms. The number of hydrogen-bond acceptors (Lipinski definition) is 3. The van der Waals surface area contributed by atoms with Crippen LogP contribution in [0.4, 0.5) is 10.5 Å². The Kier molecular flexibility index (Phi) is 5.16. The van der Waals surface area contributed by atoms with E-state index in [1.807, 2.05) is 38.1 Å². The van der Waals surface area contributed by atoms with Crippen molar-refractivity contribution >= 4 is 11.8 Å². The third kappa shape index (κ3) is 3.64. The summed E-state index contributed by atoms with van der Waals surface area (Å²) in [6.07, 6.45) is 1.14. The van der Waals surface area contributed by atoms with E-state index >= 15 is 0 Å². The van der Waals surface area contributed by atoms with Gasteiger partial charge in [0.05, 0.1) is 17.3 Å². The van der Waals surface area contributed by atoms with E-state index in [1.165, 1.54) is 0 Å². The van der Waals surface area contributed by atoms with Crippen molar-refractivity contribution in [3.8, 4) is 11.8 Å². The molecule has 0 aliphatic rings. The van der Waals surface area contributed by atoms with E-state index in [0.29, 0.717) is 11.3 Å². The standard InChI is InChI=1S/C18H18N2O2/c1-3-14-6-5-7-15(4-2)17(14)20-18(21)22-16-10-8-13(12-19)9-11-16/h5-11H,3-4H2,1-2H3,(H,20,21). The summed E-state index contributed by atoms with van der Waals surface area (Å²) in [5.41, 5.74) is 3.51. The number of ether oxygens (including phenoxy) is 1. The van der Waals surface area contributed by atoms with Gasteiger partial charge in [-0.05, 0) is 48.2 Å². The van der Waals surface area contributed by atoms with E-state index in [1.54, 1.807) is 24.3 Å². The number of aryl methyl sites for hydroxylation is 2. The zero-order valence-electron chi connectivity index (χ0n) is 12.7. The first-order valence-electron chi connectivity index (χ1n) is 7.27. The summed E-state index contributed by atoms with van der Waals surface area (Å²) >= 11 is 0. The highest BCUT2D eigenvalue weighted by molar-refractivity contribution is 5.88. The van der Waals surface area contributed by atoms with Crippen molar-refractivity contribution in [1.29, 1.82) is 5.26 Å². The van der Waals surface area contributed by atoms with Crippen molar-refractivity contribution in [3.05, 3.63) is 59.2 Å². The molecule has 2 aromatic carbocycles. The molecule has 0 unspecified atom stereocenters. The second-order valence-electron chi connectivity index (χ2n) is 4.81. The summed E-state index contributed by atoms with van der Waals surface area (Å²) < 4.78 is 5.26. The molecule has 0 atom stereocenters. The van der Waals surface area contributed by atoms with Crippen LogP contribution in [0.5, 0.6) is 5.75 Å². The van der Waals surface area contributed by atoms with Gasteiger partial charge in [0, 0.05) is 0 Å². The van der Waals surface area contributed by atoms with Crippen LogP contribution in [0, 0.1) is 11.3 Å². The average molecular weight is 294 g/mol. The van der Waals surface area contributed by atoms with Crippen LogP contribution in [-0.4, -0.2) is 6.09 Å². The van der Waals surface area contributed by atoms with Gasteiger partial charge in [0.25, 0.3) is 0 Å². The molecule has 2 aromatic rings. The zero-order valence-corrected chi connectivity index (χ0v) is 12.7. The molecule has 0 radical (unpaired) electrons. The smallest absolute Gasteiger partial charge is 0.410 e. The van der Waals surface area contributed by atoms with Crippen molar-refractivity contribution in [1.82, 2.24) is 0 Å². The maximum atomic E-state index is 12.1. The fourth-order valence-electron chi connectivity index (χ4n) is 2.24. The molecular formula is C18H18N2O2. The molecular weight excluding hydrogens is 276 g/mol. The molecule has 0 aliphatic heterocycles. The summed E-state index contributed by atoms with van der Waals surface area (Å²) in [7, 11) is 0. The lowest BCUT2D eigenvalue weighted by atomic mass is 10.0. The van der Waals surface area contributed by atoms with Crippen LogP contribution in [0.25, 0.3) is 0 Å². The van der Waals surface area contributed by atoms with Gasteiger partial charge in [0.15, 0.2) is 0 Å². The zero-order chi connectivity index (χ0) is 15.9. The highest BCUT2D eigenvalue weighted by Gasteiger charge is 2.11. The second-order valence-corrected chi connectivity index (χ2v) is 4.81. The lowest BCUT2D eigenvalue weighted by Crippen LogP contribution is -2.18.